The van der Waals surface area contributed by atoms with E-state index < -0.39 is 0 Å². The highest BCUT2D eigenvalue weighted by Crippen LogP contribution is 2.18. The number of fused-ring (bicyclic) bond motifs is 1. The normalized spacial score (nSPS) is 10.8. The molecule has 0 saturated carbocycles. The Balaban J connectivity index is 2.95. The van der Waals surface area contributed by atoms with Gasteiger partial charge in [-0.25, -0.2) is 0 Å². The summed E-state index contributed by atoms with van der Waals surface area (Å²) >= 11 is 7.78. The fraction of sp³-hybridized carbons (Fsp3) is 0.125. The first-order valence-corrected chi connectivity index (χ1v) is 5.13. The Morgan fingerprint density at radius 1 is 1.50 bits per heavy atom. The van der Waals surface area contributed by atoms with Gasteiger partial charge in [-0.15, -0.1) is 0 Å². The summed E-state index contributed by atoms with van der Waals surface area (Å²) in [5.74, 6) is 0. The lowest BCUT2D eigenvalue weighted by Gasteiger charge is -2.00. The van der Waals surface area contributed by atoms with E-state index in [1.54, 1.807) is 21.1 Å². The molecule has 0 fully saturated rings. The molecule has 0 saturated heterocycles. The van der Waals surface area contributed by atoms with Crippen LogP contribution in [-0.4, -0.2) is 14.9 Å². The minimum absolute atomic E-state index is 0.209. The second-order valence-electron chi connectivity index (χ2n) is 2.68. The van der Waals surface area contributed by atoms with Crippen LogP contribution < -0.4 is 10.4 Å². The second-order valence-corrected chi connectivity index (χ2v) is 4.03. The van der Waals surface area contributed by atoms with E-state index >= 15 is 0 Å². The first-order valence-electron chi connectivity index (χ1n) is 3.79. The van der Waals surface area contributed by atoms with Crippen molar-refractivity contribution in [3.63, 3.8) is 0 Å². The molecule has 1 aromatic carbocycles. The van der Waals surface area contributed by atoms with Gasteiger partial charge in [-0.3, -0.25) is 4.79 Å². The van der Waals surface area contributed by atoms with Gasteiger partial charge in [0.05, 0.1) is 33.8 Å². The molecule has 1 heterocycles. The van der Waals surface area contributed by atoms with Crippen LogP contribution in [0.15, 0.2) is 23.0 Å². The van der Waals surface area contributed by atoms with Crippen LogP contribution in [0.1, 0.15) is 0 Å². The summed E-state index contributed by atoms with van der Waals surface area (Å²) in [7, 11) is 1.44. The van der Waals surface area contributed by atoms with E-state index in [2.05, 4.69) is 0 Å². The maximum Gasteiger partial charge on any atom is 0.311 e. The number of hydrogen-bond acceptors (Lipinski definition) is 2. The Hall–Kier alpha value is -0.690. The van der Waals surface area contributed by atoms with Gasteiger partial charge < -0.3 is 4.84 Å². The third-order valence-corrected chi connectivity index (χ3v) is 3.04. The molecule has 1 aromatic heterocycles. The predicted octanol–water partition coefficient (Wildman–Crippen LogP) is 1.71. The van der Waals surface area contributed by atoms with Gasteiger partial charge in [-0.05, 0) is 18.2 Å². The van der Waals surface area contributed by atoms with Gasteiger partial charge >= 0.3 is 5.56 Å². The monoisotopic (exact) mass is 324 g/mol. The smallest absolute Gasteiger partial charge is 0.311 e. The maximum absolute atomic E-state index is 11.7. The van der Waals surface area contributed by atoms with E-state index in [1.165, 1.54) is 12.0 Å². The van der Waals surface area contributed by atoms with Gasteiger partial charge in [0.15, 0.2) is 0 Å². The zero-order chi connectivity index (χ0) is 10.3. The van der Waals surface area contributed by atoms with Crippen molar-refractivity contribution in [2.24, 2.45) is 0 Å². The fourth-order valence-corrected chi connectivity index (χ4v) is 2.24. The molecule has 74 valence electrons. The molecule has 0 spiro atoms. The van der Waals surface area contributed by atoms with Crippen molar-refractivity contribution in [2.45, 2.75) is 0 Å². The fourth-order valence-electron chi connectivity index (χ4n) is 1.28. The predicted molar refractivity (Wildman–Crippen MR) is 63.1 cm³/mol. The van der Waals surface area contributed by atoms with Gasteiger partial charge in [0.2, 0.25) is 0 Å². The Kier molecular flexibility index (Phi) is 2.44. The molecule has 0 aliphatic carbocycles. The minimum atomic E-state index is -0.209. The van der Waals surface area contributed by atoms with Crippen molar-refractivity contribution in [2.75, 3.05) is 7.11 Å². The first kappa shape index (κ1) is 9.85. The van der Waals surface area contributed by atoms with Crippen molar-refractivity contribution in [3.8, 4) is 0 Å². The lowest BCUT2D eigenvalue weighted by Crippen LogP contribution is -2.24. The molecule has 0 radical (unpaired) electrons. The van der Waals surface area contributed by atoms with Crippen LogP contribution in [0.5, 0.6) is 0 Å². The van der Waals surface area contributed by atoms with Gasteiger partial charge in [0, 0.05) is 5.02 Å². The van der Waals surface area contributed by atoms with E-state index in [0.29, 0.717) is 10.4 Å². The van der Waals surface area contributed by atoms with Crippen LogP contribution in [0.2, 0.25) is 5.02 Å². The summed E-state index contributed by atoms with van der Waals surface area (Å²) in [5, 5.41) is 1.09. The first-order chi connectivity index (χ1) is 6.65. The van der Waals surface area contributed by atoms with Crippen molar-refractivity contribution in [3.05, 3.63) is 33.6 Å². The lowest BCUT2D eigenvalue weighted by molar-refractivity contribution is 0.124. The van der Waals surface area contributed by atoms with Crippen LogP contribution in [0.4, 0.5) is 0 Å². The summed E-state index contributed by atoms with van der Waals surface area (Å²) in [4.78, 5) is 17.8. The largest absolute Gasteiger partial charge is 0.398 e. The van der Waals surface area contributed by atoms with E-state index in [9.17, 15) is 4.79 Å². The Morgan fingerprint density at radius 3 is 2.86 bits per heavy atom. The molecule has 0 N–H and O–H groups in total. The van der Waals surface area contributed by atoms with E-state index in [0.717, 1.165) is 5.52 Å². The van der Waals surface area contributed by atoms with Crippen molar-refractivity contribution >= 4 is 45.4 Å². The quantitative estimate of drug-likeness (QED) is 0.749. The molecule has 0 amide bonds. The Labute approximate surface area is 98.4 Å². The Morgan fingerprint density at radius 2 is 2.21 bits per heavy atom. The molecule has 2 rings (SSSR count). The van der Waals surface area contributed by atoms with Gasteiger partial charge in [0.25, 0.3) is 0 Å². The number of hydrogen-bond donors (Lipinski definition) is 0. The van der Waals surface area contributed by atoms with Crippen LogP contribution >= 0.6 is 34.5 Å². The molecule has 6 heteroatoms. The van der Waals surface area contributed by atoms with E-state index in [4.69, 9.17) is 16.4 Å². The summed E-state index contributed by atoms with van der Waals surface area (Å²) in [6, 6.07) is 5.14. The third kappa shape index (κ3) is 1.31. The van der Waals surface area contributed by atoms with Crippen LogP contribution in [0.3, 0.4) is 0 Å². The standard InChI is InChI=1S/C8H6ClIN2O2/c1-14-12-8(13)6-4-5(9)2-3-7(6)11(12)10/h2-4H,1H3. The zero-order valence-corrected chi connectivity index (χ0v) is 10.1. The van der Waals surface area contributed by atoms with E-state index in [1.807, 2.05) is 22.9 Å². The van der Waals surface area contributed by atoms with Crippen LogP contribution in [0, 0.1) is 0 Å². The van der Waals surface area contributed by atoms with Crippen molar-refractivity contribution in [1.29, 1.82) is 0 Å². The molecule has 0 aliphatic heterocycles. The van der Waals surface area contributed by atoms with E-state index in [-0.39, 0.29) is 5.56 Å². The summed E-state index contributed by atoms with van der Waals surface area (Å²) < 4.78 is 1.60. The van der Waals surface area contributed by atoms with Crippen LogP contribution in [0.25, 0.3) is 10.9 Å². The summed E-state index contributed by atoms with van der Waals surface area (Å²) in [5.41, 5.74) is 0.571. The lowest BCUT2D eigenvalue weighted by atomic mass is 10.2. The van der Waals surface area contributed by atoms with Gasteiger partial charge in [-0.2, -0.15) is 2.90 Å². The molecule has 14 heavy (non-hydrogen) atoms. The molecule has 0 bridgehead atoms. The van der Waals surface area contributed by atoms with Gasteiger partial charge in [-0.1, -0.05) is 16.4 Å². The average molecular weight is 325 g/mol. The summed E-state index contributed by atoms with van der Waals surface area (Å²) in [6.45, 7) is 0. The number of nitrogens with zero attached hydrogens (tertiary/aromatic N) is 2. The minimum Gasteiger partial charge on any atom is -0.398 e. The highest BCUT2D eigenvalue weighted by Gasteiger charge is 2.11. The van der Waals surface area contributed by atoms with Gasteiger partial charge in [0.1, 0.15) is 7.11 Å². The summed E-state index contributed by atoms with van der Waals surface area (Å²) in [6.07, 6.45) is 0. The molecular formula is C8H6ClIN2O2. The number of halogens is 2. The number of benzene rings is 1. The molecular weight excluding hydrogens is 318 g/mol. The number of rotatable bonds is 1. The molecule has 0 unspecified atom stereocenters. The zero-order valence-electron chi connectivity index (χ0n) is 7.20. The van der Waals surface area contributed by atoms with Crippen molar-refractivity contribution < 1.29 is 4.84 Å². The highest BCUT2D eigenvalue weighted by molar-refractivity contribution is 14.1. The Bertz CT molecular complexity index is 546. The second kappa shape index (κ2) is 3.47. The highest BCUT2D eigenvalue weighted by atomic mass is 127. The molecule has 0 aliphatic rings. The number of aromatic nitrogens is 2. The van der Waals surface area contributed by atoms with Crippen molar-refractivity contribution in [1.82, 2.24) is 7.74 Å². The maximum atomic E-state index is 11.7. The SMILES string of the molecule is COn1c(=O)c2cc(Cl)ccc2n1I. The molecule has 0 atom stereocenters. The average Bonchev–Trinajstić information content (AvgIpc) is 2.39. The van der Waals surface area contributed by atoms with Crippen LogP contribution in [-0.2, 0) is 0 Å². The molecule has 4 nitrogen and oxygen atoms in total. The topological polar surface area (TPSA) is 36.2 Å². The molecule has 2 aromatic rings. The third-order valence-electron chi connectivity index (χ3n) is 1.89.